The fourth-order valence-electron chi connectivity index (χ4n) is 2.81. The molecule has 5 heteroatoms. The van der Waals surface area contributed by atoms with Gasteiger partial charge in [-0.05, 0) is 35.6 Å². The van der Waals surface area contributed by atoms with E-state index in [1.807, 2.05) is 79.0 Å². The van der Waals surface area contributed by atoms with Gasteiger partial charge in [0.2, 0.25) is 5.91 Å². The normalized spacial score (nSPS) is 13.2. The van der Waals surface area contributed by atoms with Gasteiger partial charge in [0, 0.05) is 15.9 Å². The Morgan fingerprint density at radius 2 is 1.77 bits per heavy atom. The smallest absolute Gasteiger partial charge is 0.234 e. The summed E-state index contributed by atoms with van der Waals surface area (Å²) in [5.74, 6) is -0.0499. The number of hydrogen-bond donors (Lipinski definition) is 2. The van der Waals surface area contributed by atoms with Crippen molar-refractivity contribution in [2.75, 3.05) is 6.54 Å². The van der Waals surface area contributed by atoms with Crippen molar-refractivity contribution in [2.24, 2.45) is 0 Å². The van der Waals surface area contributed by atoms with Crippen molar-refractivity contribution in [3.05, 3.63) is 93.1 Å². The topological polar surface area (TPSA) is 41.1 Å². The van der Waals surface area contributed by atoms with Gasteiger partial charge in [0.05, 0.1) is 12.6 Å². The fraction of sp³-hybridized carbons (Fsp3) is 0.190. The molecule has 0 fully saturated rings. The second kappa shape index (κ2) is 8.99. The Morgan fingerprint density at radius 1 is 1.04 bits per heavy atom. The summed E-state index contributed by atoms with van der Waals surface area (Å²) >= 11 is 7.87. The lowest BCUT2D eigenvalue weighted by Crippen LogP contribution is -2.37. The highest BCUT2D eigenvalue weighted by atomic mass is 35.5. The first-order valence-corrected chi connectivity index (χ1v) is 9.76. The Bertz CT molecular complexity index is 836. The molecule has 0 saturated carbocycles. The monoisotopic (exact) mass is 384 g/mol. The zero-order valence-corrected chi connectivity index (χ0v) is 16.1. The van der Waals surface area contributed by atoms with Crippen LogP contribution in [0.5, 0.6) is 0 Å². The number of nitrogens with one attached hydrogen (secondary N) is 2. The second-order valence-electron chi connectivity index (χ2n) is 6.05. The summed E-state index contributed by atoms with van der Waals surface area (Å²) in [7, 11) is 0. The molecule has 3 rings (SSSR count). The molecular formula is C21H21ClN2OS. The Labute approximate surface area is 163 Å². The third-order valence-electron chi connectivity index (χ3n) is 4.21. The van der Waals surface area contributed by atoms with Gasteiger partial charge in [0.1, 0.15) is 0 Å². The van der Waals surface area contributed by atoms with Crippen molar-refractivity contribution in [1.82, 2.24) is 10.6 Å². The van der Waals surface area contributed by atoms with E-state index in [0.717, 1.165) is 16.0 Å². The average Bonchev–Trinajstić information content (AvgIpc) is 3.19. The molecule has 0 unspecified atom stereocenters. The summed E-state index contributed by atoms with van der Waals surface area (Å²) in [5.41, 5.74) is 2.06. The van der Waals surface area contributed by atoms with Gasteiger partial charge in [0.15, 0.2) is 0 Å². The number of thiophene rings is 1. The summed E-state index contributed by atoms with van der Waals surface area (Å²) in [6.45, 7) is 2.23. The van der Waals surface area contributed by atoms with Crippen molar-refractivity contribution >= 4 is 28.8 Å². The van der Waals surface area contributed by atoms with Crippen molar-refractivity contribution < 1.29 is 4.79 Å². The van der Waals surface area contributed by atoms with E-state index in [4.69, 9.17) is 11.6 Å². The minimum Gasteiger partial charge on any atom is -0.343 e. The molecule has 0 radical (unpaired) electrons. The number of carbonyl (C=O) groups is 1. The van der Waals surface area contributed by atoms with Crippen LogP contribution in [-0.4, -0.2) is 12.5 Å². The number of hydrogen-bond acceptors (Lipinski definition) is 3. The highest BCUT2D eigenvalue weighted by molar-refractivity contribution is 7.10. The van der Waals surface area contributed by atoms with Crippen molar-refractivity contribution in [1.29, 1.82) is 0 Å². The zero-order chi connectivity index (χ0) is 18.4. The highest BCUT2D eigenvalue weighted by Gasteiger charge is 2.18. The van der Waals surface area contributed by atoms with E-state index < -0.39 is 0 Å². The third kappa shape index (κ3) is 4.73. The van der Waals surface area contributed by atoms with Gasteiger partial charge in [-0.1, -0.05) is 66.2 Å². The molecule has 26 heavy (non-hydrogen) atoms. The Hall–Kier alpha value is -2.14. The number of halogens is 1. The molecule has 0 bridgehead atoms. The molecule has 1 aromatic heterocycles. The van der Waals surface area contributed by atoms with Crippen LogP contribution in [0.15, 0.2) is 72.1 Å². The van der Waals surface area contributed by atoms with Gasteiger partial charge < -0.3 is 10.6 Å². The Morgan fingerprint density at radius 3 is 2.46 bits per heavy atom. The summed E-state index contributed by atoms with van der Waals surface area (Å²) in [5, 5.41) is 9.11. The van der Waals surface area contributed by atoms with Gasteiger partial charge in [-0.25, -0.2) is 0 Å². The molecule has 0 aliphatic carbocycles. The second-order valence-corrected chi connectivity index (χ2v) is 7.44. The molecule has 0 spiro atoms. The van der Waals surface area contributed by atoms with Crippen LogP contribution < -0.4 is 10.6 Å². The van der Waals surface area contributed by atoms with Crippen LogP contribution in [0.25, 0.3) is 0 Å². The molecule has 0 saturated heterocycles. The SMILES string of the molecule is C[C@H](NCC(=O)N[C@H](c1ccccc1)c1cccs1)c1ccccc1Cl. The highest BCUT2D eigenvalue weighted by Crippen LogP contribution is 2.26. The number of amides is 1. The zero-order valence-electron chi connectivity index (χ0n) is 14.5. The van der Waals surface area contributed by atoms with Gasteiger partial charge in [0.25, 0.3) is 0 Å². The molecule has 2 N–H and O–H groups in total. The van der Waals surface area contributed by atoms with E-state index in [9.17, 15) is 4.79 Å². The predicted molar refractivity (Wildman–Crippen MR) is 109 cm³/mol. The number of rotatable bonds is 7. The van der Waals surface area contributed by atoms with Crippen molar-refractivity contribution in [2.45, 2.75) is 19.0 Å². The van der Waals surface area contributed by atoms with Gasteiger partial charge in [-0.2, -0.15) is 0 Å². The maximum absolute atomic E-state index is 12.5. The first-order chi connectivity index (χ1) is 12.6. The van der Waals surface area contributed by atoms with Crippen LogP contribution in [0.1, 0.15) is 35.0 Å². The summed E-state index contributed by atoms with van der Waals surface area (Å²) in [6, 6.07) is 21.6. The Kier molecular flexibility index (Phi) is 6.45. The first kappa shape index (κ1) is 18.6. The molecule has 1 amide bonds. The lowest BCUT2D eigenvalue weighted by Gasteiger charge is -2.20. The van der Waals surface area contributed by atoms with E-state index in [0.29, 0.717) is 5.02 Å². The molecule has 1 heterocycles. The fourth-order valence-corrected chi connectivity index (χ4v) is 3.92. The molecule has 0 aliphatic heterocycles. The minimum atomic E-state index is -0.138. The Balaban J connectivity index is 1.64. The van der Waals surface area contributed by atoms with E-state index in [-0.39, 0.29) is 24.5 Å². The van der Waals surface area contributed by atoms with E-state index >= 15 is 0 Å². The van der Waals surface area contributed by atoms with Crippen LogP contribution in [0.2, 0.25) is 5.02 Å². The average molecular weight is 385 g/mol. The van der Waals surface area contributed by atoms with Crippen LogP contribution in [0.3, 0.4) is 0 Å². The lowest BCUT2D eigenvalue weighted by molar-refractivity contribution is -0.120. The standard InChI is InChI=1S/C21H21ClN2OS/c1-15(17-10-5-6-11-18(17)22)23-14-20(25)24-21(19-12-7-13-26-19)16-8-3-2-4-9-16/h2-13,15,21,23H,14H2,1H3,(H,24,25)/t15-,21+/m0/s1. The van der Waals surface area contributed by atoms with Crippen LogP contribution in [0.4, 0.5) is 0 Å². The molecule has 134 valence electrons. The largest absolute Gasteiger partial charge is 0.343 e. The van der Waals surface area contributed by atoms with Crippen LogP contribution in [-0.2, 0) is 4.79 Å². The quantitative estimate of drug-likeness (QED) is 0.604. The van der Waals surface area contributed by atoms with Crippen LogP contribution in [0, 0.1) is 0 Å². The van der Waals surface area contributed by atoms with Gasteiger partial charge in [-0.3, -0.25) is 4.79 Å². The van der Waals surface area contributed by atoms with E-state index in [1.54, 1.807) is 11.3 Å². The third-order valence-corrected chi connectivity index (χ3v) is 5.49. The molecular weight excluding hydrogens is 364 g/mol. The number of carbonyl (C=O) groups excluding carboxylic acids is 1. The predicted octanol–water partition coefficient (Wildman–Crippen LogP) is 4.96. The molecule has 0 aliphatic rings. The van der Waals surface area contributed by atoms with Gasteiger partial charge in [-0.15, -0.1) is 11.3 Å². The molecule has 2 atom stereocenters. The van der Waals surface area contributed by atoms with Gasteiger partial charge >= 0.3 is 0 Å². The maximum Gasteiger partial charge on any atom is 0.234 e. The molecule has 3 nitrogen and oxygen atoms in total. The van der Waals surface area contributed by atoms with Crippen molar-refractivity contribution in [3.63, 3.8) is 0 Å². The molecule has 2 aromatic carbocycles. The maximum atomic E-state index is 12.5. The number of benzene rings is 2. The summed E-state index contributed by atoms with van der Waals surface area (Å²) in [6.07, 6.45) is 0. The van der Waals surface area contributed by atoms with Crippen LogP contribution >= 0.6 is 22.9 Å². The summed E-state index contributed by atoms with van der Waals surface area (Å²) in [4.78, 5) is 13.7. The molecule has 3 aromatic rings. The van der Waals surface area contributed by atoms with E-state index in [1.165, 1.54) is 0 Å². The van der Waals surface area contributed by atoms with E-state index in [2.05, 4.69) is 10.6 Å². The minimum absolute atomic E-state index is 0.00800. The lowest BCUT2D eigenvalue weighted by atomic mass is 10.1. The van der Waals surface area contributed by atoms with Crippen molar-refractivity contribution in [3.8, 4) is 0 Å². The first-order valence-electron chi connectivity index (χ1n) is 8.50. The summed E-state index contributed by atoms with van der Waals surface area (Å²) < 4.78 is 0.